The Labute approximate surface area is 83.2 Å². The molecule has 0 unspecified atom stereocenters. The number of hydrogen-bond acceptors (Lipinski definition) is 2. The van der Waals surface area contributed by atoms with Crippen molar-refractivity contribution in [2.45, 2.75) is 44.2 Å². The smallest absolute Gasteiger partial charge is 0.0114 e. The van der Waals surface area contributed by atoms with E-state index >= 15 is 0 Å². The van der Waals surface area contributed by atoms with Crippen molar-refractivity contribution in [3.63, 3.8) is 0 Å². The molecule has 1 nitrogen and oxygen atoms in total. The van der Waals surface area contributed by atoms with Crippen molar-refractivity contribution < 1.29 is 0 Å². The van der Waals surface area contributed by atoms with E-state index in [-0.39, 0.29) is 0 Å². The maximum absolute atomic E-state index is 3.73. The van der Waals surface area contributed by atoms with E-state index in [2.05, 4.69) is 16.1 Å². The molecule has 0 radical (unpaired) electrons. The van der Waals surface area contributed by atoms with Crippen LogP contribution in [-0.2, 0) is 12.8 Å². The number of aryl methyl sites for hydroxylation is 1. The van der Waals surface area contributed by atoms with Crippen molar-refractivity contribution in [1.29, 1.82) is 0 Å². The summed E-state index contributed by atoms with van der Waals surface area (Å²) in [6.07, 6.45) is 6.73. The Kier molecular flexibility index (Phi) is 1.91. The molecule has 0 bridgehead atoms. The second-order valence-electron chi connectivity index (χ2n) is 4.30. The molecule has 0 aliphatic heterocycles. The zero-order valence-corrected chi connectivity index (χ0v) is 8.57. The lowest BCUT2D eigenvalue weighted by atomic mass is 9.91. The fourth-order valence-corrected chi connectivity index (χ4v) is 3.08. The molecule has 13 heavy (non-hydrogen) atoms. The first-order valence-electron chi connectivity index (χ1n) is 5.22. The predicted octanol–water partition coefficient (Wildman–Crippen LogP) is 2.36. The zero-order chi connectivity index (χ0) is 8.67. The Morgan fingerprint density at radius 2 is 1.92 bits per heavy atom. The summed E-state index contributed by atoms with van der Waals surface area (Å²) in [5.41, 5.74) is 3.22. The molecule has 2 heteroatoms. The third-order valence-electron chi connectivity index (χ3n) is 3.11. The Morgan fingerprint density at radius 3 is 2.77 bits per heavy atom. The zero-order valence-electron chi connectivity index (χ0n) is 7.75. The highest BCUT2D eigenvalue weighted by Gasteiger charge is 2.26. The van der Waals surface area contributed by atoms with Gasteiger partial charge in [0.1, 0.15) is 0 Å². The largest absolute Gasteiger partial charge is 0.311 e. The average molecular weight is 193 g/mol. The summed E-state index contributed by atoms with van der Waals surface area (Å²) < 4.78 is 0. The second kappa shape index (κ2) is 3.10. The van der Waals surface area contributed by atoms with Crippen LogP contribution in [0.15, 0.2) is 10.8 Å². The summed E-state index contributed by atoms with van der Waals surface area (Å²) in [6.45, 7) is 0. The number of fused-ring (bicyclic) bond motifs is 1. The molecular weight excluding hydrogens is 178 g/mol. The molecule has 0 amide bonds. The van der Waals surface area contributed by atoms with Gasteiger partial charge >= 0.3 is 0 Å². The topological polar surface area (TPSA) is 12.0 Å². The monoisotopic (exact) mass is 193 g/mol. The molecule has 1 N–H and O–H groups in total. The van der Waals surface area contributed by atoms with Crippen LogP contribution in [0.1, 0.15) is 30.4 Å². The van der Waals surface area contributed by atoms with E-state index in [0.717, 1.165) is 12.1 Å². The van der Waals surface area contributed by atoms with Gasteiger partial charge in [-0.3, -0.25) is 0 Å². The highest BCUT2D eigenvalue weighted by molar-refractivity contribution is 7.08. The van der Waals surface area contributed by atoms with Crippen LogP contribution in [0.5, 0.6) is 0 Å². The third kappa shape index (κ3) is 1.65. The van der Waals surface area contributed by atoms with Gasteiger partial charge < -0.3 is 5.32 Å². The lowest BCUT2D eigenvalue weighted by Crippen LogP contribution is -2.35. The molecular formula is C11H15NS. The molecule has 1 fully saturated rings. The van der Waals surface area contributed by atoms with Gasteiger partial charge in [0.15, 0.2) is 0 Å². The quantitative estimate of drug-likeness (QED) is 0.760. The Hall–Kier alpha value is -0.340. The van der Waals surface area contributed by atoms with Gasteiger partial charge in [-0.15, -0.1) is 0 Å². The lowest BCUT2D eigenvalue weighted by Gasteiger charge is -2.23. The summed E-state index contributed by atoms with van der Waals surface area (Å²) in [7, 11) is 0. The molecule has 0 spiro atoms. The summed E-state index contributed by atoms with van der Waals surface area (Å²) in [6, 6.07) is 1.64. The standard InChI is InChI=1S/C11H15NS/c1-2-11(12-10-3-4-10)5-9-7-13-6-8(1)9/h6-7,10-12H,1-5H2/t11-/m1/s1. The van der Waals surface area contributed by atoms with Crippen LogP contribution in [0.4, 0.5) is 0 Å². The van der Waals surface area contributed by atoms with E-state index in [9.17, 15) is 0 Å². The maximum atomic E-state index is 3.73. The van der Waals surface area contributed by atoms with Gasteiger partial charge in [-0.05, 0) is 54.0 Å². The van der Waals surface area contributed by atoms with Crippen LogP contribution in [0.25, 0.3) is 0 Å². The number of thiophene rings is 1. The Balaban J connectivity index is 1.69. The molecule has 1 heterocycles. The number of rotatable bonds is 2. The van der Waals surface area contributed by atoms with Crippen molar-refractivity contribution in [2.75, 3.05) is 0 Å². The molecule has 70 valence electrons. The minimum atomic E-state index is 0.773. The van der Waals surface area contributed by atoms with E-state index in [4.69, 9.17) is 0 Å². The molecule has 2 aliphatic carbocycles. The van der Waals surface area contributed by atoms with Crippen LogP contribution in [0.2, 0.25) is 0 Å². The molecule has 1 saturated carbocycles. The SMILES string of the molecule is c1scc2c1CC[C@@H](NC1CC1)C2. The van der Waals surface area contributed by atoms with E-state index < -0.39 is 0 Å². The normalized spacial score (nSPS) is 27.2. The first-order valence-corrected chi connectivity index (χ1v) is 6.16. The summed E-state index contributed by atoms with van der Waals surface area (Å²) in [5.74, 6) is 0. The molecule has 1 aromatic heterocycles. The average Bonchev–Trinajstić information content (AvgIpc) is 2.83. The van der Waals surface area contributed by atoms with E-state index in [1.54, 1.807) is 11.1 Å². The summed E-state index contributed by atoms with van der Waals surface area (Å²) >= 11 is 1.86. The molecule has 1 aromatic rings. The fraction of sp³-hybridized carbons (Fsp3) is 0.636. The second-order valence-corrected chi connectivity index (χ2v) is 5.05. The highest BCUT2D eigenvalue weighted by Crippen LogP contribution is 2.27. The first kappa shape index (κ1) is 8.01. The maximum Gasteiger partial charge on any atom is 0.0114 e. The Bertz CT molecular complexity index is 301. The predicted molar refractivity (Wildman–Crippen MR) is 56.3 cm³/mol. The lowest BCUT2D eigenvalue weighted by molar-refractivity contribution is 0.457. The number of hydrogen-bond donors (Lipinski definition) is 1. The van der Waals surface area contributed by atoms with Crippen molar-refractivity contribution in [3.05, 3.63) is 21.9 Å². The van der Waals surface area contributed by atoms with E-state index in [1.807, 2.05) is 11.3 Å². The van der Waals surface area contributed by atoms with Crippen LogP contribution >= 0.6 is 11.3 Å². The van der Waals surface area contributed by atoms with Crippen molar-refractivity contribution in [3.8, 4) is 0 Å². The van der Waals surface area contributed by atoms with Crippen molar-refractivity contribution in [1.82, 2.24) is 5.32 Å². The van der Waals surface area contributed by atoms with Crippen LogP contribution in [0, 0.1) is 0 Å². The fourth-order valence-electron chi connectivity index (χ4n) is 2.17. The van der Waals surface area contributed by atoms with Crippen LogP contribution in [-0.4, -0.2) is 12.1 Å². The molecule has 1 atom stereocenters. The van der Waals surface area contributed by atoms with Crippen molar-refractivity contribution >= 4 is 11.3 Å². The summed E-state index contributed by atoms with van der Waals surface area (Å²) in [5, 5.41) is 8.38. The van der Waals surface area contributed by atoms with Gasteiger partial charge in [0.2, 0.25) is 0 Å². The minimum Gasteiger partial charge on any atom is -0.311 e. The van der Waals surface area contributed by atoms with Crippen LogP contribution < -0.4 is 5.32 Å². The molecule has 0 aromatic carbocycles. The van der Waals surface area contributed by atoms with E-state index in [1.165, 1.54) is 32.1 Å². The molecule has 3 rings (SSSR count). The van der Waals surface area contributed by atoms with Crippen molar-refractivity contribution in [2.24, 2.45) is 0 Å². The Morgan fingerprint density at radius 1 is 1.08 bits per heavy atom. The van der Waals surface area contributed by atoms with Gasteiger partial charge in [-0.25, -0.2) is 0 Å². The van der Waals surface area contributed by atoms with Gasteiger partial charge in [0, 0.05) is 12.1 Å². The molecule has 2 aliphatic rings. The van der Waals surface area contributed by atoms with Gasteiger partial charge in [-0.1, -0.05) is 0 Å². The molecule has 0 saturated heterocycles. The number of nitrogens with one attached hydrogen (secondary N) is 1. The van der Waals surface area contributed by atoms with Gasteiger partial charge in [0.25, 0.3) is 0 Å². The summed E-state index contributed by atoms with van der Waals surface area (Å²) in [4.78, 5) is 0. The van der Waals surface area contributed by atoms with Crippen LogP contribution in [0.3, 0.4) is 0 Å². The first-order chi connectivity index (χ1) is 6.42. The minimum absolute atomic E-state index is 0.773. The van der Waals surface area contributed by atoms with Gasteiger partial charge in [-0.2, -0.15) is 11.3 Å². The van der Waals surface area contributed by atoms with Gasteiger partial charge in [0.05, 0.1) is 0 Å². The highest BCUT2D eigenvalue weighted by atomic mass is 32.1. The third-order valence-corrected chi connectivity index (χ3v) is 3.95. The van der Waals surface area contributed by atoms with E-state index in [0.29, 0.717) is 0 Å².